The first kappa shape index (κ1) is 14.4. The standard InChI is InChI=1S/C15H20N2O3/c1-16(12-6-3-2-4-7-12)11-9-14(18)17-10-5-8-13(17)15(19)20/h2-4,6-7,13H,5,8-11H2,1H3,(H,19,20). The van der Waals surface area contributed by atoms with E-state index in [1.807, 2.05) is 42.3 Å². The average molecular weight is 276 g/mol. The van der Waals surface area contributed by atoms with Crippen molar-refractivity contribution in [2.45, 2.75) is 25.3 Å². The third-order valence-corrected chi connectivity index (χ3v) is 3.72. The van der Waals surface area contributed by atoms with E-state index < -0.39 is 12.0 Å². The van der Waals surface area contributed by atoms with Crippen molar-refractivity contribution in [2.75, 3.05) is 25.0 Å². The molecule has 0 aliphatic carbocycles. The lowest BCUT2D eigenvalue weighted by Gasteiger charge is -2.24. The highest BCUT2D eigenvalue weighted by molar-refractivity contribution is 5.84. The van der Waals surface area contributed by atoms with Crippen LogP contribution in [0.1, 0.15) is 19.3 Å². The van der Waals surface area contributed by atoms with Gasteiger partial charge in [-0.25, -0.2) is 4.79 Å². The Bertz CT molecular complexity index is 475. The predicted molar refractivity (Wildman–Crippen MR) is 76.7 cm³/mol. The molecule has 0 bridgehead atoms. The molecule has 20 heavy (non-hydrogen) atoms. The van der Waals surface area contributed by atoms with Crippen molar-refractivity contribution in [3.8, 4) is 0 Å². The monoisotopic (exact) mass is 276 g/mol. The van der Waals surface area contributed by atoms with E-state index in [2.05, 4.69) is 0 Å². The first-order valence-corrected chi connectivity index (χ1v) is 6.88. The smallest absolute Gasteiger partial charge is 0.326 e. The summed E-state index contributed by atoms with van der Waals surface area (Å²) in [4.78, 5) is 26.7. The molecule has 108 valence electrons. The van der Waals surface area contributed by atoms with Gasteiger partial charge in [0.2, 0.25) is 5.91 Å². The van der Waals surface area contributed by atoms with Crippen LogP contribution in [-0.2, 0) is 9.59 Å². The first-order valence-electron chi connectivity index (χ1n) is 6.88. The number of carboxylic acid groups (broad SMARTS) is 1. The maximum atomic E-state index is 12.1. The second-order valence-electron chi connectivity index (χ2n) is 5.09. The van der Waals surface area contributed by atoms with Gasteiger partial charge in [0.15, 0.2) is 0 Å². The number of carbonyl (C=O) groups is 2. The lowest BCUT2D eigenvalue weighted by atomic mass is 10.2. The molecule has 1 saturated heterocycles. The van der Waals surface area contributed by atoms with Gasteiger partial charge in [-0.1, -0.05) is 18.2 Å². The van der Waals surface area contributed by atoms with Gasteiger partial charge >= 0.3 is 5.97 Å². The van der Waals surface area contributed by atoms with Crippen LogP contribution >= 0.6 is 0 Å². The number of carboxylic acids is 1. The Morgan fingerprint density at radius 2 is 2.05 bits per heavy atom. The van der Waals surface area contributed by atoms with E-state index in [1.54, 1.807) is 0 Å². The molecule has 1 amide bonds. The van der Waals surface area contributed by atoms with Crippen LogP contribution in [0, 0.1) is 0 Å². The molecule has 1 fully saturated rings. The molecule has 0 aromatic heterocycles. The van der Waals surface area contributed by atoms with Crippen molar-refractivity contribution in [2.24, 2.45) is 0 Å². The molecule has 1 aromatic carbocycles. The predicted octanol–water partition coefficient (Wildman–Crippen LogP) is 1.59. The van der Waals surface area contributed by atoms with Crippen LogP contribution in [0.3, 0.4) is 0 Å². The SMILES string of the molecule is CN(CCC(=O)N1CCCC1C(=O)O)c1ccccc1. The summed E-state index contributed by atoms with van der Waals surface area (Å²) in [7, 11) is 1.93. The number of benzene rings is 1. The minimum Gasteiger partial charge on any atom is -0.480 e. The maximum Gasteiger partial charge on any atom is 0.326 e. The maximum absolute atomic E-state index is 12.1. The van der Waals surface area contributed by atoms with Gasteiger partial charge in [0, 0.05) is 32.2 Å². The molecule has 0 radical (unpaired) electrons. The van der Waals surface area contributed by atoms with Crippen LogP contribution in [0.15, 0.2) is 30.3 Å². The minimum atomic E-state index is -0.896. The first-order chi connectivity index (χ1) is 9.59. The van der Waals surface area contributed by atoms with Crippen LogP contribution in [0.2, 0.25) is 0 Å². The van der Waals surface area contributed by atoms with Crippen LogP contribution in [0.5, 0.6) is 0 Å². The van der Waals surface area contributed by atoms with Crippen molar-refractivity contribution >= 4 is 17.6 Å². The van der Waals surface area contributed by atoms with Crippen LogP contribution in [0.25, 0.3) is 0 Å². The zero-order valence-corrected chi connectivity index (χ0v) is 11.7. The van der Waals surface area contributed by atoms with E-state index in [-0.39, 0.29) is 5.91 Å². The molecular weight excluding hydrogens is 256 g/mol. The van der Waals surface area contributed by atoms with Gasteiger partial charge in [-0.3, -0.25) is 4.79 Å². The van der Waals surface area contributed by atoms with Crippen LogP contribution in [-0.4, -0.2) is 48.1 Å². The molecule has 1 N–H and O–H groups in total. The summed E-state index contributed by atoms with van der Waals surface area (Å²) in [6.07, 6.45) is 1.68. The number of hydrogen-bond donors (Lipinski definition) is 1. The van der Waals surface area contributed by atoms with Gasteiger partial charge in [-0.2, -0.15) is 0 Å². The summed E-state index contributed by atoms with van der Waals surface area (Å²) in [5.41, 5.74) is 1.05. The Labute approximate surface area is 118 Å². The van der Waals surface area contributed by atoms with Gasteiger partial charge in [0.25, 0.3) is 0 Å². The Hall–Kier alpha value is -2.04. The lowest BCUT2D eigenvalue weighted by Crippen LogP contribution is -2.41. The molecule has 1 aromatic rings. The highest BCUT2D eigenvalue weighted by Gasteiger charge is 2.33. The lowest BCUT2D eigenvalue weighted by molar-refractivity contribution is -0.148. The fourth-order valence-electron chi connectivity index (χ4n) is 2.54. The van der Waals surface area contributed by atoms with E-state index in [0.717, 1.165) is 12.1 Å². The quantitative estimate of drug-likeness (QED) is 0.887. The molecule has 1 aliphatic heterocycles. The number of rotatable bonds is 5. The zero-order chi connectivity index (χ0) is 14.5. The number of aliphatic carboxylic acids is 1. The van der Waals surface area contributed by atoms with Gasteiger partial charge < -0.3 is 14.9 Å². The third kappa shape index (κ3) is 3.29. The van der Waals surface area contributed by atoms with Crippen LogP contribution < -0.4 is 4.90 Å². The molecule has 1 unspecified atom stereocenters. The fourth-order valence-corrected chi connectivity index (χ4v) is 2.54. The molecule has 1 aliphatic rings. The molecule has 5 heteroatoms. The van der Waals surface area contributed by atoms with Gasteiger partial charge in [0.1, 0.15) is 6.04 Å². The summed E-state index contributed by atoms with van der Waals surface area (Å²) in [6.45, 7) is 1.15. The number of amides is 1. The van der Waals surface area contributed by atoms with Crippen molar-refractivity contribution in [3.63, 3.8) is 0 Å². The van der Waals surface area contributed by atoms with E-state index in [0.29, 0.717) is 25.9 Å². The number of para-hydroxylation sites is 1. The number of nitrogens with zero attached hydrogens (tertiary/aromatic N) is 2. The molecule has 5 nitrogen and oxygen atoms in total. The summed E-state index contributed by atoms with van der Waals surface area (Å²) in [6, 6.07) is 9.19. The van der Waals surface area contributed by atoms with E-state index in [4.69, 9.17) is 5.11 Å². The van der Waals surface area contributed by atoms with E-state index >= 15 is 0 Å². The Kier molecular flexibility index (Phi) is 4.61. The Morgan fingerprint density at radius 3 is 2.70 bits per heavy atom. The number of likely N-dealkylation sites (tertiary alicyclic amines) is 1. The van der Waals surface area contributed by atoms with Crippen molar-refractivity contribution in [1.82, 2.24) is 4.90 Å². The Morgan fingerprint density at radius 1 is 1.35 bits per heavy atom. The number of hydrogen-bond acceptors (Lipinski definition) is 3. The minimum absolute atomic E-state index is 0.0716. The normalized spacial score (nSPS) is 18.1. The van der Waals surface area contributed by atoms with E-state index in [9.17, 15) is 9.59 Å². The highest BCUT2D eigenvalue weighted by atomic mass is 16.4. The summed E-state index contributed by atoms with van der Waals surface area (Å²) >= 11 is 0. The van der Waals surface area contributed by atoms with Crippen molar-refractivity contribution in [1.29, 1.82) is 0 Å². The van der Waals surface area contributed by atoms with Crippen molar-refractivity contribution in [3.05, 3.63) is 30.3 Å². The molecule has 0 saturated carbocycles. The summed E-state index contributed by atoms with van der Waals surface area (Å²) in [5.74, 6) is -0.968. The summed E-state index contributed by atoms with van der Waals surface area (Å²) in [5, 5.41) is 9.08. The molecule has 2 rings (SSSR count). The third-order valence-electron chi connectivity index (χ3n) is 3.72. The van der Waals surface area contributed by atoms with Gasteiger partial charge in [0.05, 0.1) is 0 Å². The largest absolute Gasteiger partial charge is 0.480 e. The molecule has 0 spiro atoms. The summed E-state index contributed by atoms with van der Waals surface area (Å²) < 4.78 is 0. The number of carbonyl (C=O) groups excluding carboxylic acids is 1. The molecular formula is C15H20N2O3. The highest BCUT2D eigenvalue weighted by Crippen LogP contribution is 2.19. The second-order valence-corrected chi connectivity index (χ2v) is 5.09. The van der Waals surface area contributed by atoms with Crippen molar-refractivity contribution < 1.29 is 14.7 Å². The Balaban J connectivity index is 1.87. The van der Waals surface area contributed by atoms with Crippen LogP contribution in [0.4, 0.5) is 5.69 Å². The number of anilines is 1. The fraction of sp³-hybridized carbons (Fsp3) is 0.467. The molecule has 1 atom stereocenters. The average Bonchev–Trinajstić information content (AvgIpc) is 2.95. The van der Waals surface area contributed by atoms with Gasteiger partial charge in [-0.05, 0) is 25.0 Å². The van der Waals surface area contributed by atoms with Gasteiger partial charge in [-0.15, -0.1) is 0 Å². The van der Waals surface area contributed by atoms with E-state index in [1.165, 1.54) is 4.90 Å². The second kappa shape index (κ2) is 6.41. The zero-order valence-electron chi connectivity index (χ0n) is 11.7. The molecule has 1 heterocycles. The topological polar surface area (TPSA) is 60.9 Å².